The molecule has 2 rings (SSSR count). The maximum Gasteiger partial charge on any atom is 0.332 e. The number of rotatable bonds is 3. The summed E-state index contributed by atoms with van der Waals surface area (Å²) in [5.74, 6) is 0.569. The molecule has 2 N–H and O–H groups in total. The van der Waals surface area contributed by atoms with Crippen LogP contribution >= 0.6 is 0 Å². The molecule has 0 heterocycles. The van der Waals surface area contributed by atoms with E-state index in [0.29, 0.717) is 24.4 Å². The number of sulfonamides is 1. The first kappa shape index (κ1) is 14.8. The van der Waals surface area contributed by atoms with Gasteiger partial charge in [-0.15, -0.1) is 0 Å². The SMILES string of the molecule is CC1CCC(S(=O)(=O)NC(=O)Nc2ccccc2)CC1. The number of nitrogens with one attached hydrogen (secondary N) is 2. The van der Waals surface area contributed by atoms with Gasteiger partial charge in [0.15, 0.2) is 0 Å². The van der Waals surface area contributed by atoms with Crippen LogP contribution in [0.4, 0.5) is 10.5 Å². The summed E-state index contributed by atoms with van der Waals surface area (Å²) < 4.78 is 26.4. The Bertz CT molecular complexity index is 549. The summed E-state index contributed by atoms with van der Waals surface area (Å²) >= 11 is 0. The summed E-state index contributed by atoms with van der Waals surface area (Å²) in [5, 5.41) is 2.06. The Labute approximate surface area is 119 Å². The van der Waals surface area contributed by atoms with Crippen molar-refractivity contribution in [2.75, 3.05) is 5.32 Å². The molecule has 1 saturated carbocycles. The standard InChI is InChI=1S/C14H20N2O3S/c1-11-7-9-13(10-8-11)20(18,19)16-14(17)15-12-5-3-2-4-6-12/h2-6,11,13H,7-10H2,1H3,(H2,15,16,17). The fourth-order valence-electron chi connectivity index (χ4n) is 2.43. The van der Waals surface area contributed by atoms with Crippen molar-refractivity contribution in [2.45, 2.75) is 37.9 Å². The van der Waals surface area contributed by atoms with Gasteiger partial charge in [0.05, 0.1) is 5.25 Å². The highest BCUT2D eigenvalue weighted by Crippen LogP contribution is 2.27. The smallest absolute Gasteiger partial charge is 0.307 e. The van der Waals surface area contributed by atoms with Crippen LogP contribution in [0.3, 0.4) is 0 Å². The third-order valence-electron chi connectivity index (χ3n) is 3.67. The average molecular weight is 296 g/mol. The third kappa shape index (κ3) is 3.96. The Morgan fingerprint density at radius 1 is 1.10 bits per heavy atom. The van der Waals surface area contributed by atoms with Crippen molar-refractivity contribution < 1.29 is 13.2 Å². The summed E-state index contributed by atoms with van der Waals surface area (Å²) in [6.07, 6.45) is 3.03. The van der Waals surface area contributed by atoms with Gasteiger partial charge in [-0.05, 0) is 43.7 Å². The predicted octanol–water partition coefficient (Wildman–Crippen LogP) is 2.72. The number of carbonyl (C=O) groups is 1. The van der Waals surface area contributed by atoms with E-state index in [1.807, 2.05) is 6.07 Å². The predicted molar refractivity (Wildman–Crippen MR) is 78.9 cm³/mol. The highest BCUT2D eigenvalue weighted by Gasteiger charge is 2.30. The van der Waals surface area contributed by atoms with E-state index in [-0.39, 0.29) is 0 Å². The molecule has 1 aliphatic carbocycles. The Morgan fingerprint density at radius 3 is 2.30 bits per heavy atom. The molecule has 1 aromatic carbocycles. The van der Waals surface area contributed by atoms with Crippen LogP contribution in [0.1, 0.15) is 32.6 Å². The number of anilines is 1. The molecular formula is C14H20N2O3S. The highest BCUT2D eigenvalue weighted by atomic mass is 32.2. The molecule has 5 nitrogen and oxygen atoms in total. The van der Waals surface area contributed by atoms with Crippen molar-refractivity contribution in [3.63, 3.8) is 0 Å². The molecule has 110 valence electrons. The van der Waals surface area contributed by atoms with Gasteiger partial charge >= 0.3 is 6.03 Å². The van der Waals surface area contributed by atoms with Crippen molar-refractivity contribution in [1.29, 1.82) is 0 Å². The number of benzene rings is 1. The lowest BCUT2D eigenvalue weighted by Gasteiger charge is -2.25. The minimum absolute atomic E-state index is 0.458. The topological polar surface area (TPSA) is 75.3 Å². The average Bonchev–Trinajstić information content (AvgIpc) is 2.39. The minimum atomic E-state index is -3.59. The summed E-state index contributed by atoms with van der Waals surface area (Å²) in [6, 6.07) is 8.07. The van der Waals surface area contributed by atoms with Crippen molar-refractivity contribution in [1.82, 2.24) is 4.72 Å². The van der Waals surface area contributed by atoms with Gasteiger partial charge in [-0.1, -0.05) is 25.1 Å². The van der Waals surface area contributed by atoms with Gasteiger partial charge in [0, 0.05) is 5.69 Å². The van der Waals surface area contributed by atoms with E-state index in [1.54, 1.807) is 24.3 Å². The van der Waals surface area contributed by atoms with E-state index in [1.165, 1.54) is 0 Å². The Kier molecular flexibility index (Phi) is 4.65. The Hall–Kier alpha value is -1.56. The number of hydrogen-bond donors (Lipinski definition) is 2. The first-order chi connectivity index (χ1) is 9.47. The maximum atomic E-state index is 12.1. The molecule has 0 saturated heterocycles. The summed E-state index contributed by atoms with van der Waals surface area (Å²) in [5.41, 5.74) is 0.567. The lowest BCUT2D eigenvalue weighted by atomic mass is 9.91. The molecule has 2 amide bonds. The van der Waals surface area contributed by atoms with Crippen LogP contribution in [-0.4, -0.2) is 19.7 Å². The summed E-state index contributed by atoms with van der Waals surface area (Å²) in [7, 11) is -3.59. The fourth-order valence-corrected chi connectivity index (χ4v) is 3.80. The van der Waals surface area contributed by atoms with Gasteiger partial charge in [-0.25, -0.2) is 17.9 Å². The Balaban J connectivity index is 1.93. The van der Waals surface area contributed by atoms with Crippen LogP contribution in [0, 0.1) is 5.92 Å². The first-order valence-corrected chi connectivity index (χ1v) is 8.39. The molecular weight excluding hydrogens is 276 g/mol. The van der Waals surface area contributed by atoms with Crippen LogP contribution in [-0.2, 0) is 10.0 Å². The number of para-hydroxylation sites is 1. The van der Waals surface area contributed by atoms with Gasteiger partial charge in [-0.2, -0.15) is 0 Å². The molecule has 0 aliphatic heterocycles. The lowest BCUT2D eigenvalue weighted by Crippen LogP contribution is -2.41. The van der Waals surface area contributed by atoms with E-state index in [2.05, 4.69) is 17.0 Å². The minimum Gasteiger partial charge on any atom is -0.307 e. The molecule has 0 radical (unpaired) electrons. The van der Waals surface area contributed by atoms with Crippen LogP contribution in [0.5, 0.6) is 0 Å². The lowest BCUT2D eigenvalue weighted by molar-refractivity contribution is 0.256. The Morgan fingerprint density at radius 2 is 1.70 bits per heavy atom. The second-order valence-electron chi connectivity index (χ2n) is 5.35. The zero-order valence-corrected chi connectivity index (χ0v) is 12.3. The summed E-state index contributed by atoms with van der Waals surface area (Å²) in [6.45, 7) is 2.12. The van der Waals surface area contributed by atoms with Gasteiger partial charge < -0.3 is 5.32 Å². The van der Waals surface area contributed by atoms with Gasteiger partial charge in [-0.3, -0.25) is 0 Å². The second-order valence-corrected chi connectivity index (χ2v) is 7.31. The second kappa shape index (κ2) is 6.26. The van der Waals surface area contributed by atoms with E-state index < -0.39 is 21.3 Å². The maximum absolute atomic E-state index is 12.1. The van der Waals surface area contributed by atoms with Crippen LogP contribution in [0.2, 0.25) is 0 Å². The molecule has 20 heavy (non-hydrogen) atoms. The molecule has 0 spiro atoms. The molecule has 1 aromatic rings. The zero-order chi connectivity index (χ0) is 14.6. The van der Waals surface area contributed by atoms with Crippen molar-refractivity contribution >= 4 is 21.7 Å². The number of hydrogen-bond acceptors (Lipinski definition) is 3. The van der Waals surface area contributed by atoms with Crippen molar-refractivity contribution in [3.05, 3.63) is 30.3 Å². The van der Waals surface area contributed by atoms with E-state index in [9.17, 15) is 13.2 Å². The van der Waals surface area contributed by atoms with Crippen LogP contribution in [0.25, 0.3) is 0 Å². The quantitative estimate of drug-likeness (QED) is 0.900. The third-order valence-corrected chi connectivity index (χ3v) is 5.49. The van der Waals surface area contributed by atoms with Crippen LogP contribution < -0.4 is 10.0 Å². The normalized spacial score (nSPS) is 23.1. The van der Waals surface area contributed by atoms with Crippen LogP contribution in [0.15, 0.2) is 30.3 Å². The molecule has 0 atom stereocenters. The zero-order valence-electron chi connectivity index (χ0n) is 11.5. The van der Waals surface area contributed by atoms with E-state index in [4.69, 9.17) is 0 Å². The fraction of sp³-hybridized carbons (Fsp3) is 0.500. The van der Waals surface area contributed by atoms with Crippen molar-refractivity contribution in [2.24, 2.45) is 5.92 Å². The summed E-state index contributed by atoms with van der Waals surface area (Å²) in [4.78, 5) is 11.7. The van der Waals surface area contributed by atoms with Crippen molar-refractivity contribution in [3.8, 4) is 0 Å². The van der Waals surface area contributed by atoms with Gasteiger partial charge in [0.25, 0.3) is 0 Å². The number of amides is 2. The number of urea groups is 1. The highest BCUT2D eigenvalue weighted by molar-refractivity contribution is 7.90. The number of carbonyl (C=O) groups excluding carboxylic acids is 1. The molecule has 0 unspecified atom stereocenters. The largest absolute Gasteiger partial charge is 0.332 e. The molecule has 6 heteroatoms. The first-order valence-electron chi connectivity index (χ1n) is 6.85. The monoisotopic (exact) mass is 296 g/mol. The van der Waals surface area contributed by atoms with Gasteiger partial charge in [0.1, 0.15) is 0 Å². The molecule has 1 aliphatic rings. The van der Waals surface area contributed by atoms with E-state index in [0.717, 1.165) is 12.8 Å². The molecule has 0 bridgehead atoms. The molecule has 1 fully saturated rings. The molecule has 0 aromatic heterocycles. The van der Waals surface area contributed by atoms with Gasteiger partial charge in [0.2, 0.25) is 10.0 Å². The van der Waals surface area contributed by atoms with E-state index >= 15 is 0 Å².